The van der Waals surface area contributed by atoms with Crippen LogP contribution >= 0.6 is 11.6 Å². The molecule has 226 valence electrons. The Labute approximate surface area is 256 Å². The van der Waals surface area contributed by atoms with Gasteiger partial charge in [0.05, 0.1) is 0 Å². The number of hydrogen-bond donors (Lipinski definition) is 3. The molecule has 4 aromatic rings. The standard InChI is InChI=1S/C33H37ClFN5O3/c1-21(28-19-36-30-7-5-4-6-27(28)30)31(32(41)37-24-10-13-29(34)22(18-24)20-39(2)3)38-33(42)40-16-14-26(15-17-40)43-25-11-8-23(35)9-12-25/h4-13,18-19,21,26,31,36H,14-17,20H2,1-3H3,(H,37,41)(H,38,42). The number of aromatic nitrogens is 1. The van der Waals surface area contributed by atoms with Crippen molar-refractivity contribution in [2.24, 2.45) is 0 Å². The average molecular weight is 606 g/mol. The Balaban J connectivity index is 1.31. The molecule has 0 saturated carbocycles. The summed E-state index contributed by atoms with van der Waals surface area (Å²) >= 11 is 6.40. The molecular weight excluding hydrogens is 569 g/mol. The number of carbonyl (C=O) groups excluding carboxylic acids is 2. The number of ether oxygens (including phenoxy) is 1. The molecule has 1 aromatic heterocycles. The van der Waals surface area contributed by atoms with Crippen LogP contribution < -0.4 is 15.4 Å². The lowest BCUT2D eigenvalue weighted by molar-refractivity contribution is -0.118. The van der Waals surface area contributed by atoms with E-state index in [2.05, 4.69) is 15.6 Å². The fourth-order valence-electron chi connectivity index (χ4n) is 5.51. The molecule has 1 aliphatic heterocycles. The molecule has 1 saturated heterocycles. The summed E-state index contributed by atoms with van der Waals surface area (Å²) in [6, 6.07) is 18.1. The average Bonchev–Trinajstić information content (AvgIpc) is 3.43. The third-order valence-electron chi connectivity index (χ3n) is 7.82. The van der Waals surface area contributed by atoms with E-state index in [0.29, 0.717) is 48.9 Å². The van der Waals surface area contributed by atoms with Gasteiger partial charge in [0, 0.05) is 66.2 Å². The summed E-state index contributed by atoms with van der Waals surface area (Å²) in [7, 11) is 3.90. The highest BCUT2D eigenvalue weighted by Gasteiger charge is 2.32. The van der Waals surface area contributed by atoms with Gasteiger partial charge in [0.25, 0.3) is 0 Å². The number of H-pyrrole nitrogens is 1. The fourth-order valence-corrected chi connectivity index (χ4v) is 5.69. The van der Waals surface area contributed by atoms with E-state index in [1.54, 1.807) is 29.2 Å². The second-order valence-corrected chi connectivity index (χ2v) is 11.7. The van der Waals surface area contributed by atoms with Crippen molar-refractivity contribution < 1.29 is 18.7 Å². The number of para-hydroxylation sites is 1. The van der Waals surface area contributed by atoms with Gasteiger partial charge in [-0.25, -0.2) is 9.18 Å². The van der Waals surface area contributed by atoms with Crippen LogP contribution in [0.5, 0.6) is 5.75 Å². The van der Waals surface area contributed by atoms with E-state index in [-0.39, 0.29) is 29.8 Å². The molecule has 0 spiro atoms. The van der Waals surface area contributed by atoms with E-state index in [9.17, 15) is 14.0 Å². The Morgan fingerprint density at radius 2 is 1.81 bits per heavy atom. The number of rotatable bonds is 9. The van der Waals surface area contributed by atoms with Crippen molar-refractivity contribution in [1.29, 1.82) is 0 Å². The summed E-state index contributed by atoms with van der Waals surface area (Å²) in [6.45, 7) is 3.51. The second kappa shape index (κ2) is 13.5. The molecule has 3 N–H and O–H groups in total. The quantitative estimate of drug-likeness (QED) is 0.206. The van der Waals surface area contributed by atoms with E-state index in [1.807, 2.05) is 62.4 Å². The molecule has 8 nitrogen and oxygen atoms in total. The highest BCUT2D eigenvalue weighted by molar-refractivity contribution is 6.31. The first-order valence-corrected chi connectivity index (χ1v) is 14.8. The molecule has 0 bridgehead atoms. The van der Waals surface area contributed by atoms with Crippen LogP contribution in [0.3, 0.4) is 0 Å². The van der Waals surface area contributed by atoms with Gasteiger partial charge < -0.3 is 30.2 Å². The molecule has 1 aliphatic rings. The first-order valence-electron chi connectivity index (χ1n) is 14.5. The lowest BCUT2D eigenvalue weighted by Gasteiger charge is -2.34. The zero-order valence-corrected chi connectivity index (χ0v) is 25.3. The number of benzene rings is 3. The highest BCUT2D eigenvalue weighted by atomic mass is 35.5. The number of carbonyl (C=O) groups is 2. The second-order valence-electron chi connectivity index (χ2n) is 11.3. The molecule has 0 aliphatic carbocycles. The third kappa shape index (κ3) is 7.47. The van der Waals surface area contributed by atoms with Crippen LogP contribution in [-0.4, -0.2) is 66.1 Å². The summed E-state index contributed by atoms with van der Waals surface area (Å²) in [6.07, 6.45) is 3.07. The number of halogens is 2. The number of nitrogens with one attached hydrogen (secondary N) is 3. The van der Waals surface area contributed by atoms with Crippen LogP contribution in [-0.2, 0) is 11.3 Å². The van der Waals surface area contributed by atoms with Crippen molar-refractivity contribution in [1.82, 2.24) is 20.1 Å². The van der Waals surface area contributed by atoms with Gasteiger partial charge in [0.1, 0.15) is 23.7 Å². The zero-order valence-electron chi connectivity index (χ0n) is 24.6. The Morgan fingerprint density at radius 1 is 1.09 bits per heavy atom. The van der Waals surface area contributed by atoms with Crippen LogP contribution in [0.1, 0.15) is 36.8 Å². The lowest BCUT2D eigenvalue weighted by atomic mass is 9.92. The maximum atomic E-state index is 13.9. The minimum Gasteiger partial charge on any atom is -0.490 e. The summed E-state index contributed by atoms with van der Waals surface area (Å²) in [4.78, 5) is 34.4. The summed E-state index contributed by atoms with van der Waals surface area (Å²) in [5.41, 5.74) is 3.40. The maximum absolute atomic E-state index is 13.9. The first kappa shape index (κ1) is 30.4. The predicted molar refractivity (Wildman–Crippen MR) is 168 cm³/mol. The normalized spacial score (nSPS) is 15.3. The van der Waals surface area contributed by atoms with Crippen LogP contribution in [0.2, 0.25) is 5.02 Å². The molecule has 1 fully saturated rings. The smallest absolute Gasteiger partial charge is 0.318 e. The van der Waals surface area contributed by atoms with Gasteiger partial charge in [0.2, 0.25) is 5.91 Å². The minimum atomic E-state index is -0.854. The molecule has 2 unspecified atom stereocenters. The zero-order chi connectivity index (χ0) is 30.5. The molecule has 5 rings (SSSR count). The molecule has 3 amide bonds. The SMILES string of the molecule is CC(c1c[nH]c2ccccc12)C(NC(=O)N1CCC(Oc2ccc(F)cc2)CC1)C(=O)Nc1ccc(Cl)c(CN(C)C)c1. The number of piperidine rings is 1. The Hall–Kier alpha value is -4.08. The van der Waals surface area contributed by atoms with Crippen LogP contribution in [0.25, 0.3) is 10.9 Å². The van der Waals surface area contributed by atoms with E-state index < -0.39 is 6.04 Å². The van der Waals surface area contributed by atoms with Gasteiger partial charge >= 0.3 is 6.03 Å². The van der Waals surface area contributed by atoms with Crippen LogP contribution in [0, 0.1) is 5.82 Å². The van der Waals surface area contributed by atoms with E-state index in [4.69, 9.17) is 16.3 Å². The monoisotopic (exact) mass is 605 g/mol. The summed E-state index contributed by atoms with van der Waals surface area (Å²) in [5, 5.41) is 7.67. The van der Waals surface area contributed by atoms with Gasteiger partial charge in [-0.1, -0.05) is 36.7 Å². The Kier molecular flexibility index (Phi) is 9.52. The summed E-state index contributed by atoms with van der Waals surface area (Å²) < 4.78 is 19.2. The molecule has 3 aromatic carbocycles. The van der Waals surface area contributed by atoms with Crippen molar-refractivity contribution in [2.45, 2.75) is 44.4 Å². The van der Waals surface area contributed by atoms with Gasteiger partial charge in [0.15, 0.2) is 0 Å². The van der Waals surface area contributed by atoms with Crippen LogP contribution in [0.15, 0.2) is 72.9 Å². The highest BCUT2D eigenvalue weighted by Crippen LogP contribution is 2.29. The number of anilines is 1. The van der Waals surface area contributed by atoms with E-state index in [0.717, 1.165) is 22.0 Å². The third-order valence-corrected chi connectivity index (χ3v) is 8.19. The first-order chi connectivity index (χ1) is 20.7. The molecule has 0 radical (unpaired) electrons. The van der Waals surface area contributed by atoms with E-state index >= 15 is 0 Å². The predicted octanol–water partition coefficient (Wildman–Crippen LogP) is 6.39. The Bertz CT molecular complexity index is 1570. The maximum Gasteiger partial charge on any atom is 0.318 e. The fraction of sp³-hybridized carbons (Fsp3) is 0.333. The lowest BCUT2D eigenvalue weighted by Crippen LogP contribution is -2.53. The van der Waals surface area contributed by atoms with Gasteiger partial charge in [-0.15, -0.1) is 0 Å². The van der Waals surface area contributed by atoms with Crippen molar-refractivity contribution in [3.8, 4) is 5.75 Å². The minimum absolute atomic E-state index is 0.0833. The Morgan fingerprint density at radius 3 is 2.53 bits per heavy atom. The molecule has 2 atom stereocenters. The van der Waals surface area contributed by atoms with Gasteiger partial charge in [-0.3, -0.25) is 4.79 Å². The topological polar surface area (TPSA) is 89.7 Å². The number of urea groups is 1. The van der Waals surface area contributed by atoms with Crippen molar-refractivity contribution in [3.05, 3.63) is 94.9 Å². The number of hydrogen-bond acceptors (Lipinski definition) is 4. The molecule has 10 heteroatoms. The number of amides is 3. The van der Waals surface area contributed by atoms with Crippen LogP contribution in [0.4, 0.5) is 14.9 Å². The largest absolute Gasteiger partial charge is 0.490 e. The van der Waals surface area contributed by atoms with Gasteiger partial charge in [-0.2, -0.15) is 0 Å². The van der Waals surface area contributed by atoms with Crippen molar-refractivity contribution in [3.63, 3.8) is 0 Å². The molecule has 43 heavy (non-hydrogen) atoms. The van der Waals surface area contributed by atoms with Crippen molar-refractivity contribution >= 4 is 40.1 Å². The molecule has 2 heterocycles. The summed E-state index contributed by atoms with van der Waals surface area (Å²) in [5.74, 6) is -0.374. The molecular formula is C33H37ClFN5O3. The van der Waals surface area contributed by atoms with Gasteiger partial charge in [-0.05, 0) is 73.8 Å². The van der Waals surface area contributed by atoms with Crippen molar-refractivity contribution in [2.75, 3.05) is 32.5 Å². The number of likely N-dealkylation sites (tertiary alicyclic amines) is 1. The number of nitrogens with zero attached hydrogens (tertiary/aromatic N) is 2. The number of aromatic amines is 1. The number of fused-ring (bicyclic) bond motifs is 1. The van der Waals surface area contributed by atoms with E-state index in [1.165, 1.54) is 12.1 Å².